The molecule has 0 aromatic carbocycles. The summed E-state index contributed by atoms with van der Waals surface area (Å²) in [4.78, 5) is 24.6. The molecule has 7 heteroatoms. The van der Waals surface area contributed by atoms with Gasteiger partial charge in [-0.25, -0.2) is 9.59 Å². The molecule has 0 radical (unpaired) electrons. The number of rotatable bonds is 4. The Morgan fingerprint density at radius 3 is 2.65 bits per heavy atom. The molecule has 20 heavy (non-hydrogen) atoms. The van der Waals surface area contributed by atoms with Crippen LogP contribution in [-0.2, 0) is 9.47 Å². The van der Waals surface area contributed by atoms with E-state index in [0.29, 0.717) is 32.5 Å². The summed E-state index contributed by atoms with van der Waals surface area (Å²) in [5, 5.41) is 12.7. The van der Waals surface area contributed by atoms with Crippen LogP contribution in [0.3, 0.4) is 0 Å². The first-order valence-electron chi connectivity index (χ1n) is 6.96. The van der Waals surface area contributed by atoms with Gasteiger partial charge in [0.25, 0.3) is 0 Å². The normalized spacial score (nSPS) is 23.9. The third-order valence-electron chi connectivity index (χ3n) is 3.48. The van der Waals surface area contributed by atoms with E-state index in [1.54, 1.807) is 6.92 Å². The van der Waals surface area contributed by atoms with Crippen LogP contribution in [0.5, 0.6) is 0 Å². The van der Waals surface area contributed by atoms with Gasteiger partial charge in [0.2, 0.25) is 0 Å². The number of piperidine rings is 1. The number of nitrogens with zero attached hydrogens (tertiary/aromatic N) is 1. The van der Waals surface area contributed by atoms with Crippen molar-refractivity contribution in [3.63, 3.8) is 0 Å². The molecule has 1 rings (SSSR count). The number of hydrogen-bond donors (Lipinski definition) is 2. The van der Waals surface area contributed by atoms with Crippen molar-refractivity contribution >= 4 is 12.2 Å². The Labute approximate surface area is 119 Å². The summed E-state index contributed by atoms with van der Waals surface area (Å²) < 4.78 is 9.56. The molecule has 0 bridgehead atoms. The molecular weight excluding hydrogens is 264 g/mol. The summed E-state index contributed by atoms with van der Waals surface area (Å²) in [5.41, 5.74) is 0. The Kier molecular flexibility index (Phi) is 6.57. The number of likely N-dealkylation sites (tertiary alicyclic amines) is 1. The Balaban J connectivity index is 2.68. The van der Waals surface area contributed by atoms with Crippen LogP contribution in [0.2, 0.25) is 0 Å². The topological polar surface area (TPSA) is 88.1 Å². The van der Waals surface area contributed by atoms with Crippen molar-refractivity contribution in [3.8, 4) is 0 Å². The van der Waals surface area contributed by atoms with Crippen LogP contribution < -0.4 is 5.32 Å². The van der Waals surface area contributed by atoms with Crippen LogP contribution in [0.1, 0.15) is 26.7 Å². The van der Waals surface area contributed by atoms with E-state index in [-0.39, 0.29) is 12.0 Å². The fourth-order valence-corrected chi connectivity index (χ4v) is 2.47. The maximum Gasteiger partial charge on any atom is 0.409 e. The number of carbonyl (C=O) groups is 2. The second kappa shape index (κ2) is 7.94. The van der Waals surface area contributed by atoms with E-state index in [1.807, 2.05) is 6.92 Å². The fraction of sp³-hybridized carbons (Fsp3) is 0.846. The van der Waals surface area contributed by atoms with Crippen LogP contribution in [0.4, 0.5) is 9.59 Å². The second-order valence-corrected chi connectivity index (χ2v) is 4.91. The molecule has 1 saturated heterocycles. The van der Waals surface area contributed by atoms with Crippen molar-refractivity contribution in [1.82, 2.24) is 10.2 Å². The van der Waals surface area contributed by atoms with Crippen LogP contribution in [0.25, 0.3) is 0 Å². The monoisotopic (exact) mass is 288 g/mol. The van der Waals surface area contributed by atoms with Crippen molar-refractivity contribution in [1.29, 1.82) is 0 Å². The van der Waals surface area contributed by atoms with E-state index >= 15 is 0 Å². The average molecular weight is 288 g/mol. The number of alkyl carbamates (subject to hydrolysis) is 1. The molecule has 1 aliphatic rings. The van der Waals surface area contributed by atoms with Crippen molar-refractivity contribution < 1.29 is 24.2 Å². The summed E-state index contributed by atoms with van der Waals surface area (Å²) in [6.45, 7) is 4.70. The molecule has 1 aliphatic heterocycles. The standard InChI is InChI=1S/C13H24N2O5/c1-4-11(16)9-6-10(14-12(17)20-5-2)8-15(7-9)13(18)19-3/h9-11,16H,4-8H2,1-3H3,(H,14,17). The second-order valence-electron chi connectivity index (χ2n) is 4.91. The molecule has 2 amide bonds. The Hall–Kier alpha value is -1.50. The van der Waals surface area contributed by atoms with E-state index in [9.17, 15) is 14.7 Å². The molecule has 3 unspecified atom stereocenters. The SMILES string of the molecule is CCOC(=O)NC1CC(C(O)CC)CN(C(=O)OC)C1. The molecule has 1 heterocycles. The lowest BCUT2D eigenvalue weighted by Crippen LogP contribution is -2.54. The van der Waals surface area contributed by atoms with E-state index in [4.69, 9.17) is 9.47 Å². The van der Waals surface area contributed by atoms with Crippen molar-refractivity contribution in [3.05, 3.63) is 0 Å². The van der Waals surface area contributed by atoms with Gasteiger partial charge in [-0.15, -0.1) is 0 Å². The average Bonchev–Trinajstić information content (AvgIpc) is 2.45. The van der Waals surface area contributed by atoms with Gasteiger partial charge in [-0.2, -0.15) is 0 Å². The minimum atomic E-state index is -0.506. The quantitative estimate of drug-likeness (QED) is 0.804. The number of nitrogens with one attached hydrogen (secondary N) is 1. The summed E-state index contributed by atoms with van der Waals surface area (Å²) >= 11 is 0. The minimum absolute atomic E-state index is 0.0835. The number of aliphatic hydroxyl groups excluding tert-OH is 1. The first-order valence-corrected chi connectivity index (χ1v) is 6.96. The van der Waals surface area contributed by atoms with Gasteiger partial charge in [-0.3, -0.25) is 0 Å². The predicted molar refractivity (Wildman–Crippen MR) is 72.3 cm³/mol. The molecule has 1 fully saturated rings. The molecule has 0 saturated carbocycles. The lowest BCUT2D eigenvalue weighted by Gasteiger charge is -2.38. The fourth-order valence-electron chi connectivity index (χ4n) is 2.47. The lowest BCUT2D eigenvalue weighted by molar-refractivity contribution is 0.0317. The Bertz CT molecular complexity index is 337. The minimum Gasteiger partial charge on any atom is -0.453 e. The number of ether oxygens (including phenoxy) is 2. The zero-order valence-corrected chi connectivity index (χ0v) is 12.3. The van der Waals surface area contributed by atoms with Crippen molar-refractivity contribution in [2.45, 2.75) is 38.8 Å². The highest BCUT2D eigenvalue weighted by molar-refractivity contribution is 5.69. The highest BCUT2D eigenvalue weighted by atomic mass is 16.5. The van der Waals surface area contributed by atoms with E-state index < -0.39 is 18.3 Å². The molecule has 116 valence electrons. The molecule has 0 aromatic heterocycles. The summed E-state index contributed by atoms with van der Waals surface area (Å²) in [6.07, 6.45) is -0.246. The molecule has 0 spiro atoms. The maximum atomic E-state index is 11.7. The van der Waals surface area contributed by atoms with Crippen LogP contribution >= 0.6 is 0 Å². The highest BCUT2D eigenvalue weighted by Crippen LogP contribution is 2.22. The predicted octanol–water partition coefficient (Wildman–Crippen LogP) is 0.960. The molecular formula is C13H24N2O5. The zero-order valence-electron chi connectivity index (χ0n) is 12.3. The smallest absolute Gasteiger partial charge is 0.409 e. The van der Waals surface area contributed by atoms with Gasteiger partial charge < -0.3 is 24.8 Å². The van der Waals surface area contributed by atoms with Gasteiger partial charge in [0.1, 0.15) is 0 Å². The van der Waals surface area contributed by atoms with Crippen molar-refractivity contribution in [2.24, 2.45) is 5.92 Å². The highest BCUT2D eigenvalue weighted by Gasteiger charge is 2.34. The first-order chi connectivity index (χ1) is 9.51. The molecule has 2 N–H and O–H groups in total. The Morgan fingerprint density at radius 2 is 2.10 bits per heavy atom. The molecule has 0 aliphatic carbocycles. The lowest BCUT2D eigenvalue weighted by atomic mass is 9.88. The van der Waals surface area contributed by atoms with Gasteiger partial charge in [0, 0.05) is 19.0 Å². The van der Waals surface area contributed by atoms with Crippen LogP contribution in [0.15, 0.2) is 0 Å². The summed E-state index contributed by atoms with van der Waals surface area (Å²) in [6, 6.07) is -0.243. The van der Waals surface area contributed by atoms with Gasteiger partial charge in [-0.1, -0.05) is 6.92 Å². The third kappa shape index (κ3) is 4.56. The number of methoxy groups -OCH3 is 1. The Morgan fingerprint density at radius 1 is 1.40 bits per heavy atom. The van der Waals surface area contributed by atoms with Crippen molar-refractivity contribution in [2.75, 3.05) is 26.8 Å². The van der Waals surface area contributed by atoms with Gasteiger partial charge in [0.05, 0.1) is 25.9 Å². The van der Waals surface area contributed by atoms with E-state index in [0.717, 1.165) is 0 Å². The summed E-state index contributed by atoms with van der Waals surface area (Å²) in [7, 11) is 1.32. The van der Waals surface area contributed by atoms with Gasteiger partial charge in [-0.05, 0) is 19.8 Å². The summed E-state index contributed by atoms with van der Waals surface area (Å²) in [5.74, 6) is -0.0835. The number of aliphatic hydroxyl groups is 1. The zero-order chi connectivity index (χ0) is 15.1. The molecule has 3 atom stereocenters. The van der Waals surface area contributed by atoms with Gasteiger partial charge >= 0.3 is 12.2 Å². The molecule has 7 nitrogen and oxygen atoms in total. The van der Waals surface area contributed by atoms with Gasteiger partial charge in [0.15, 0.2) is 0 Å². The molecule has 0 aromatic rings. The maximum absolute atomic E-state index is 11.7. The third-order valence-corrected chi connectivity index (χ3v) is 3.48. The largest absolute Gasteiger partial charge is 0.453 e. The van der Waals surface area contributed by atoms with Crippen LogP contribution in [-0.4, -0.2) is 61.1 Å². The van der Waals surface area contributed by atoms with Crippen LogP contribution in [0, 0.1) is 5.92 Å². The first kappa shape index (κ1) is 16.6. The number of hydrogen-bond acceptors (Lipinski definition) is 5. The van der Waals surface area contributed by atoms with E-state index in [1.165, 1.54) is 12.0 Å². The number of carbonyl (C=O) groups excluding carboxylic acids is 2. The van der Waals surface area contributed by atoms with E-state index in [2.05, 4.69) is 5.32 Å². The number of amides is 2.